The van der Waals surface area contributed by atoms with Crippen LogP contribution in [0, 0.1) is 0 Å². The molecule has 0 saturated heterocycles. The molecule has 0 radical (unpaired) electrons. The summed E-state index contributed by atoms with van der Waals surface area (Å²) in [7, 11) is 1.91. The van der Waals surface area contributed by atoms with E-state index in [0.717, 1.165) is 5.56 Å². The molecule has 1 aromatic carbocycles. The van der Waals surface area contributed by atoms with E-state index in [1.54, 1.807) is 12.1 Å². The van der Waals surface area contributed by atoms with Gasteiger partial charge in [0.05, 0.1) is 13.2 Å². The minimum atomic E-state index is -0.332. The fourth-order valence-electron chi connectivity index (χ4n) is 1.57. The number of nitrogens with zero attached hydrogens (tertiary/aromatic N) is 3. The van der Waals surface area contributed by atoms with Crippen LogP contribution < -0.4 is 0 Å². The van der Waals surface area contributed by atoms with Crippen molar-refractivity contribution in [2.24, 2.45) is 0 Å². The molecular formula is C14H18ClN3O2. The Kier molecular flexibility index (Phi) is 4.42. The Bertz CT molecular complexity index is 566. The van der Waals surface area contributed by atoms with E-state index in [-0.39, 0.29) is 12.1 Å². The number of likely N-dealkylation sites (N-methyl/N-ethyl adjacent to an activating group) is 1. The summed E-state index contributed by atoms with van der Waals surface area (Å²) in [6.45, 7) is 4.47. The lowest BCUT2D eigenvalue weighted by Gasteiger charge is -2.32. The Hall–Kier alpha value is -1.43. The van der Waals surface area contributed by atoms with Crippen molar-refractivity contribution in [3.63, 3.8) is 0 Å². The van der Waals surface area contributed by atoms with Crippen molar-refractivity contribution in [2.45, 2.75) is 25.9 Å². The highest BCUT2D eigenvalue weighted by Crippen LogP contribution is 2.21. The van der Waals surface area contributed by atoms with Gasteiger partial charge in [0.15, 0.2) is 5.82 Å². The van der Waals surface area contributed by atoms with Crippen molar-refractivity contribution >= 4 is 11.6 Å². The lowest BCUT2D eigenvalue weighted by atomic mass is 10.1. The van der Waals surface area contributed by atoms with E-state index in [2.05, 4.69) is 10.1 Å². The molecule has 0 aliphatic heterocycles. The molecular weight excluding hydrogens is 278 g/mol. The maximum absolute atomic E-state index is 9.33. The van der Waals surface area contributed by atoms with Crippen molar-refractivity contribution in [2.75, 3.05) is 13.7 Å². The van der Waals surface area contributed by atoms with Crippen LogP contribution in [-0.4, -0.2) is 39.3 Å². The summed E-state index contributed by atoms with van der Waals surface area (Å²) in [6, 6.07) is 7.23. The molecule has 5 nitrogen and oxygen atoms in total. The average molecular weight is 296 g/mol. The highest BCUT2D eigenvalue weighted by Gasteiger charge is 2.24. The summed E-state index contributed by atoms with van der Waals surface area (Å²) < 4.78 is 5.24. The summed E-state index contributed by atoms with van der Waals surface area (Å²) >= 11 is 5.84. The summed E-state index contributed by atoms with van der Waals surface area (Å²) in [5.74, 6) is 1.05. The first kappa shape index (κ1) is 15.0. The molecule has 2 aromatic rings. The predicted octanol–water partition coefficient (Wildman–Crippen LogP) is 2.59. The molecule has 6 heteroatoms. The van der Waals surface area contributed by atoms with Crippen molar-refractivity contribution in [1.29, 1.82) is 0 Å². The summed E-state index contributed by atoms with van der Waals surface area (Å²) in [5, 5.41) is 14.0. The van der Waals surface area contributed by atoms with Crippen LogP contribution in [0.3, 0.4) is 0 Å². The monoisotopic (exact) mass is 295 g/mol. The molecule has 108 valence electrons. The van der Waals surface area contributed by atoms with E-state index >= 15 is 0 Å². The van der Waals surface area contributed by atoms with Crippen LogP contribution in [0.5, 0.6) is 0 Å². The first-order valence-corrected chi connectivity index (χ1v) is 6.71. The number of halogens is 1. The topological polar surface area (TPSA) is 62.4 Å². The van der Waals surface area contributed by atoms with Crippen molar-refractivity contribution in [3.05, 3.63) is 35.1 Å². The van der Waals surface area contributed by atoms with Gasteiger partial charge in [-0.25, -0.2) is 0 Å². The van der Waals surface area contributed by atoms with Gasteiger partial charge in [0.25, 0.3) is 5.89 Å². The van der Waals surface area contributed by atoms with Gasteiger partial charge in [-0.05, 0) is 45.2 Å². The SMILES string of the molecule is CN(Cc1noc(-c2ccc(Cl)cc2)n1)C(C)(C)CO. The van der Waals surface area contributed by atoms with Crippen LogP contribution in [0.1, 0.15) is 19.7 Å². The third kappa shape index (κ3) is 3.36. The molecule has 0 unspecified atom stereocenters. The molecule has 0 saturated carbocycles. The van der Waals surface area contributed by atoms with E-state index < -0.39 is 0 Å². The van der Waals surface area contributed by atoms with Gasteiger partial charge < -0.3 is 9.63 Å². The van der Waals surface area contributed by atoms with E-state index in [1.807, 2.05) is 37.9 Å². The van der Waals surface area contributed by atoms with E-state index in [4.69, 9.17) is 16.1 Å². The molecule has 20 heavy (non-hydrogen) atoms. The second-order valence-corrected chi connectivity index (χ2v) is 5.79. The van der Waals surface area contributed by atoms with Crippen LogP contribution in [0.15, 0.2) is 28.8 Å². The number of hydrogen-bond donors (Lipinski definition) is 1. The second-order valence-electron chi connectivity index (χ2n) is 5.35. The highest BCUT2D eigenvalue weighted by atomic mass is 35.5. The fourth-order valence-corrected chi connectivity index (χ4v) is 1.70. The Morgan fingerprint density at radius 2 is 1.95 bits per heavy atom. The molecule has 1 aromatic heterocycles. The number of benzene rings is 1. The number of aromatic nitrogens is 2. The number of aliphatic hydroxyl groups excluding tert-OH is 1. The maximum Gasteiger partial charge on any atom is 0.257 e. The summed E-state index contributed by atoms with van der Waals surface area (Å²) in [4.78, 5) is 6.33. The van der Waals surface area contributed by atoms with Crippen LogP contribution in [0.25, 0.3) is 11.5 Å². The quantitative estimate of drug-likeness (QED) is 0.918. The Labute approximate surface area is 123 Å². The standard InChI is InChI=1S/C14H18ClN3O2/c1-14(2,9-19)18(3)8-12-16-13(20-17-12)10-4-6-11(15)7-5-10/h4-7,19H,8-9H2,1-3H3. The van der Waals surface area contributed by atoms with Gasteiger partial charge in [-0.1, -0.05) is 16.8 Å². The van der Waals surface area contributed by atoms with E-state index in [0.29, 0.717) is 23.3 Å². The average Bonchev–Trinajstić information content (AvgIpc) is 2.88. The van der Waals surface area contributed by atoms with Crippen molar-refractivity contribution in [3.8, 4) is 11.5 Å². The van der Waals surface area contributed by atoms with Crippen LogP contribution in [-0.2, 0) is 6.54 Å². The molecule has 0 fully saturated rings. The summed E-state index contributed by atoms with van der Waals surface area (Å²) in [6.07, 6.45) is 0. The predicted molar refractivity (Wildman–Crippen MR) is 77.4 cm³/mol. The third-order valence-corrected chi connectivity index (χ3v) is 3.61. The Morgan fingerprint density at radius 3 is 2.55 bits per heavy atom. The van der Waals surface area contributed by atoms with Crippen LogP contribution >= 0.6 is 11.6 Å². The Balaban J connectivity index is 2.11. The zero-order valence-electron chi connectivity index (χ0n) is 11.8. The molecule has 0 bridgehead atoms. The van der Waals surface area contributed by atoms with Gasteiger partial charge in [0.2, 0.25) is 0 Å². The van der Waals surface area contributed by atoms with Gasteiger partial charge in [-0.2, -0.15) is 4.98 Å². The number of aliphatic hydroxyl groups is 1. The smallest absolute Gasteiger partial charge is 0.257 e. The second kappa shape index (κ2) is 5.91. The lowest BCUT2D eigenvalue weighted by molar-refractivity contribution is 0.0708. The van der Waals surface area contributed by atoms with Gasteiger partial charge in [-0.3, -0.25) is 4.90 Å². The molecule has 0 spiro atoms. The molecule has 2 rings (SSSR count). The minimum Gasteiger partial charge on any atom is -0.394 e. The first-order chi connectivity index (χ1) is 9.42. The zero-order valence-corrected chi connectivity index (χ0v) is 12.6. The molecule has 0 aliphatic carbocycles. The van der Waals surface area contributed by atoms with Crippen LogP contribution in [0.2, 0.25) is 5.02 Å². The first-order valence-electron chi connectivity index (χ1n) is 6.33. The molecule has 0 aliphatic rings. The summed E-state index contributed by atoms with van der Waals surface area (Å²) in [5.41, 5.74) is 0.498. The largest absolute Gasteiger partial charge is 0.394 e. The van der Waals surface area contributed by atoms with E-state index in [9.17, 15) is 5.11 Å². The number of rotatable bonds is 5. The maximum atomic E-state index is 9.33. The third-order valence-electron chi connectivity index (χ3n) is 3.36. The van der Waals surface area contributed by atoms with Crippen LogP contribution in [0.4, 0.5) is 0 Å². The molecule has 1 heterocycles. The zero-order chi connectivity index (χ0) is 14.8. The molecule has 1 N–H and O–H groups in total. The lowest BCUT2D eigenvalue weighted by Crippen LogP contribution is -2.43. The van der Waals surface area contributed by atoms with Crippen molar-refractivity contribution in [1.82, 2.24) is 15.0 Å². The highest BCUT2D eigenvalue weighted by molar-refractivity contribution is 6.30. The van der Waals surface area contributed by atoms with Gasteiger partial charge >= 0.3 is 0 Å². The fraction of sp³-hybridized carbons (Fsp3) is 0.429. The normalized spacial score (nSPS) is 12.1. The van der Waals surface area contributed by atoms with Crippen molar-refractivity contribution < 1.29 is 9.63 Å². The molecule has 0 amide bonds. The minimum absolute atomic E-state index is 0.0609. The van der Waals surface area contributed by atoms with E-state index in [1.165, 1.54) is 0 Å². The van der Waals surface area contributed by atoms with Gasteiger partial charge in [-0.15, -0.1) is 0 Å². The Morgan fingerprint density at radius 1 is 1.30 bits per heavy atom. The number of hydrogen-bond acceptors (Lipinski definition) is 5. The van der Waals surface area contributed by atoms with Gasteiger partial charge in [0.1, 0.15) is 0 Å². The molecule has 0 atom stereocenters. The van der Waals surface area contributed by atoms with Gasteiger partial charge in [0, 0.05) is 16.1 Å².